The van der Waals surface area contributed by atoms with Crippen LogP contribution in [0.5, 0.6) is 0 Å². The van der Waals surface area contributed by atoms with E-state index < -0.39 is 0 Å². The molecule has 2 aromatic rings. The van der Waals surface area contributed by atoms with Crippen molar-refractivity contribution in [1.82, 2.24) is 4.90 Å². The molecule has 3 rings (SSSR count). The van der Waals surface area contributed by atoms with E-state index in [1.54, 1.807) is 11.3 Å². The van der Waals surface area contributed by atoms with Crippen molar-refractivity contribution < 1.29 is 4.79 Å². The minimum atomic E-state index is 0.171. The number of likely N-dealkylation sites (tertiary alicyclic amines) is 1. The van der Waals surface area contributed by atoms with E-state index in [1.807, 2.05) is 21.7 Å². The number of rotatable bonds is 2. The Morgan fingerprint density at radius 1 is 1.26 bits per heavy atom. The quantitative estimate of drug-likeness (QED) is 0.807. The van der Waals surface area contributed by atoms with Crippen LogP contribution in [-0.2, 0) is 0 Å². The minimum Gasteiger partial charge on any atom is -0.332 e. The monoisotopic (exact) mass is 271 g/mol. The summed E-state index contributed by atoms with van der Waals surface area (Å²) in [4.78, 5) is 14.5. The number of thiophene rings is 1. The summed E-state index contributed by atoms with van der Waals surface area (Å²) in [5, 5.41) is 3.90. The molecule has 1 saturated heterocycles. The topological polar surface area (TPSA) is 20.3 Å². The standard InChI is InChI=1S/C16H17NOS/c1-12-4-6-13(7-5-12)15-3-2-9-17(15)16(18)14-8-10-19-11-14/h4-8,10-11,15H,2-3,9H2,1H3. The van der Waals surface area contributed by atoms with Gasteiger partial charge in [0.2, 0.25) is 0 Å². The van der Waals surface area contributed by atoms with E-state index in [1.165, 1.54) is 11.1 Å². The van der Waals surface area contributed by atoms with Gasteiger partial charge in [-0.2, -0.15) is 11.3 Å². The maximum Gasteiger partial charge on any atom is 0.255 e. The highest BCUT2D eigenvalue weighted by molar-refractivity contribution is 7.08. The van der Waals surface area contributed by atoms with Crippen LogP contribution in [0.2, 0.25) is 0 Å². The van der Waals surface area contributed by atoms with E-state index in [0.717, 1.165) is 24.9 Å². The molecule has 2 heterocycles. The van der Waals surface area contributed by atoms with Gasteiger partial charge in [-0.05, 0) is 36.8 Å². The molecule has 0 radical (unpaired) electrons. The summed E-state index contributed by atoms with van der Waals surface area (Å²) in [6.07, 6.45) is 2.16. The van der Waals surface area contributed by atoms with Gasteiger partial charge >= 0.3 is 0 Å². The highest BCUT2D eigenvalue weighted by Crippen LogP contribution is 2.33. The minimum absolute atomic E-state index is 0.171. The van der Waals surface area contributed by atoms with Crippen LogP contribution in [0.15, 0.2) is 41.1 Å². The second kappa shape index (κ2) is 5.17. The van der Waals surface area contributed by atoms with Crippen molar-refractivity contribution in [3.8, 4) is 0 Å². The molecule has 98 valence electrons. The molecular formula is C16H17NOS. The molecule has 19 heavy (non-hydrogen) atoms. The normalized spacial score (nSPS) is 18.8. The average molecular weight is 271 g/mol. The predicted octanol–water partition coefficient (Wildman–Crippen LogP) is 4.03. The second-order valence-electron chi connectivity index (χ2n) is 5.08. The third-order valence-electron chi connectivity index (χ3n) is 3.74. The summed E-state index contributed by atoms with van der Waals surface area (Å²) in [6, 6.07) is 10.7. The van der Waals surface area contributed by atoms with Crippen molar-refractivity contribution in [3.05, 3.63) is 57.8 Å². The zero-order chi connectivity index (χ0) is 13.2. The number of amides is 1. The van der Waals surface area contributed by atoms with Gasteiger partial charge in [-0.1, -0.05) is 29.8 Å². The molecule has 1 aliphatic rings. The Balaban J connectivity index is 1.85. The summed E-state index contributed by atoms with van der Waals surface area (Å²) < 4.78 is 0. The van der Waals surface area contributed by atoms with Crippen molar-refractivity contribution in [2.24, 2.45) is 0 Å². The fourth-order valence-electron chi connectivity index (χ4n) is 2.70. The van der Waals surface area contributed by atoms with Crippen molar-refractivity contribution in [2.75, 3.05) is 6.54 Å². The van der Waals surface area contributed by atoms with Gasteiger partial charge in [0.15, 0.2) is 0 Å². The van der Waals surface area contributed by atoms with Gasteiger partial charge in [-0.3, -0.25) is 4.79 Å². The molecule has 0 spiro atoms. The van der Waals surface area contributed by atoms with Gasteiger partial charge in [0.25, 0.3) is 5.91 Å². The van der Waals surface area contributed by atoms with Gasteiger partial charge < -0.3 is 4.90 Å². The van der Waals surface area contributed by atoms with Crippen LogP contribution in [0, 0.1) is 6.92 Å². The lowest BCUT2D eigenvalue weighted by Gasteiger charge is -2.25. The predicted molar refractivity (Wildman–Crippen MR) is 78.5 cm³/mol. The number of benzene rings is 1. The van der Waals surface area contributed by atoms with E-state index in [0.29, 0.717) is 0 Å². The van der Waals surface area contributed by atoms with Crippen molar-refractivity contribution in [1.29, 1.82) is 0 Å². The summed E-state index contributed by atoms with van der Waals surface area (Å²) in [6.45, 7) is 2.96. The number of aryl methyl sites for hydroxylation is 1. The Bertz CT molecular complexity index is 559. The molecule has 1 aromatic carbocycles. The maximum absolute atomic E-state index is 12.5. The molecule has 1 aromatic heterocycles. The highest BCUT2D eigenvalue weighted by atomic mass is 32.1. The first-order valence-electron chi connectivity index (χ1n) is 6.65. The van der Waals surface area contributed by atoms with Gasteiger partial charge in [-0.15, -0.1) is 0 Å². The van der Waals surface area contributed by atoms with Crippen LogP contribution < -0.4 is 0 Å². The lowest BCUT2D eigenvalue weighted by atomic mass is 10.0. The largest absolute Gasteiger partial charge is 0.332 e. The van der Waals surface area contributed by atoms with Gasteiger partial charge in [-0.25, -0.2) is 0 Å². The Kier molecular flexibility index (Phi) is 3.38. The Hall–Kier alpha value is -1.61. The fourth-order valence-corrected chi connectivity index (χ4v) is 3.33. The Morgan fingerprint density at radius 3 is 2.74 bits per heavy atom. The van der Waals surface area contributed by atoms with Crippen LogP contribution in [-0.4, -0.2) is 17.4 Å². The lowest BCUT2D eigenvalue weighted by molar-refractivity contribution is 0.0736. The van der Waals surface area contributed by atoms with E-state index in [2.05, 4.69) is 31.2 Å². The molecule has 1 fully saturated rings. The molecule has 1 atom stereocenters. The summed E-state index contributed by atoms with van der Waals surface area (Å²) in [5.41, 5.74) is 3.34. The van der Waals surface area contributed by atoms with Crippen LogP contribution in [0.1, 0.15) is 40.4 Å². The number of nitrogens with zero attached hydrogens (tertiary/aromatic N) is 1. The van der Waals surface area contributed by atoms with Crippen LogP contribution >= 0.6 is 11.3 Å². The first-order chi connectivity index (χ1) is 9.25. The van der Waals surface area contributed by atoms with Crippen LogP contribution in [0.4, 0.5) is 0 Å². The average Bonchev–Trinajstić information content (AvgIpc) is 3.10. The van der Waals surface area contributed by atoms with Gasteiger partial charge in [0.05, 0.1) is 11.6 Å². The molecule has 2 nitrogen and oxygen atoms in total. The molecule has 0 N–H and O–H groups in total. The highest BCUT2D eigenvalue weighted by Gasteiger charge is 2.30. The first kappa shape index (κ1) is 12.4. The number of carbonyl (C=O) groups is 1. The molecule has 0 bridgehead atoms. The van der Waals surface area contributed by atoms with Gasteiger partial charge in [0.1, 0.15) is 0 Å². The smallest absolute Gasteiger partial charge is 0.255 e. The molecule has 1 aliphatic heterocycles. The van der Waals surface area contributed by atoms with Crippen molar-refractivity contribution in [2.45, 2.75) is 25.8 Å². The van der Waals surface area contributed by atoms with E-state index in [4.69, 9.17) is 0 Å². The summed E-state index contributed by atoms with van der Waals surface area (Å²) in [5.74, 6) is 0.171. The summed E-state index contributed by atoms with van der Waals surface area (Å²) >= 11 is 1.58. The zero-order valence-corrected chi connectivity index (χ0v) is 11.8. The van der Waals surface area contributed by atoms with Crippen molar-refractivity contribution in [3.63, 3.8) is 0 Å². The number of hydrogen-bond donors (Lipinski definition) is 0. The Labute approximate surface area is 117 Å². The molecule has 3 heteroatoms. The lowest BCUT2D eigenvalue weighted by Crippen LogP contribution is -2.30. The molecule has 1 amide bonds. The first-order valence-corrected chi connectivity index (χ1v) is 7.60. The number of carbonyl (C=O) groups excluding carboxylic acids is 1. The summed E-state index contributed by atoms with van der Waals surface area (Å²) in [7, 11) is 0. The molecule has 1 unspecified atom stereocenters. The number of hydrogen-bond acceptors (Lipinski definition) is 2. The van der Waals surface area contributed by atoms with E-state index >= 15 is 0 Å². The van der Waals surface area contributed by atoms with Crippen LogP contribution in [0.3, 0.4) is 0 Å². The molecule has 0 saturated carbocycles. The molecule has 0 aliphatic carbocycles. The Morgan fingerprint density at radius 2 is 2.05 bits per heavy atom. The fraction of sp³-hybridized carbons (Fsp3) is 0.312. The second-order valence-corrected chi connectivity index (χ2v) is 5.86. The van der Waals surface area contributed by atoms with Crippen molar-refractivity contribution >= 4 is 17.2 Å². The van der Waals surface area contributed by atoms with E-state index in [9.17, 15) is 4.79 Å². The third kappa shape index (κ3) is 2.43. The third-order valence-corrected chi connectivity index (χ3v) is 4.43. The SMILES string of the molecule is Cc1ccc(C2CCCN2C(=O)c2ccsc2)cc1. The van der Waals surface area contributed by atoms with Crippen LogP contribution in [0.25, 0.3) is 0 Å². The van der Waals surface area contributed by atoms with E-state index in [-0.39, 0.29) is 11.9 Å². The molecular weight excluding hydrogens is 254 g/mol. The van der Waals surface area contributed by atoms with Gasteiger partial charge in [0, 0.05) is 11.9 Å². The zero-order valence-electron chi connectivity index (χ0n) is 11.0. The maximum atomic E-state index is 12.5.